The van der Waals surface area contributed by atoms with Crippen molar-refractivity contribution in [1.29, 1.82) is 0 Å². The molecule has 3 amide bonds. The molecule has 1 aliphatic heterocycles. The largest absolute Gasteiger partial charge is 0.496 e. The second kappa shape index (κ2) is 10.8. The third-order valence-corrected chi connectivity index (χ3v) is 5.35. The van der Waals surface area contributed by atoms with Crippen LogP contribution in [0, 0.1) is 0 Å². The van der Waals surface area contributed by atoms with Crippen molar-refractivity contribution in [2.75, 3.05) is 33.2 Å². The predicted octanol–water partition coefficient (Wildman–Crippen LogP) is 2.72. The molecule has 11 heteroatoms. The number of nitrogens with one attached hydrogen (secondary N) is 2. The Kier molecular flexibility index (Phi) is 8.59. The molecule has 1 aromatic carbocycles. The number of methoxy groups -OCH3 is 3. The Morgan fingerprint density at radius 1 is 0.971 bits per heavy atom. The summed E-state index contributed by atoms with van der Waals surface area (Å²) in [6, 6.07) is 2.08. The van der Waals surface area contributed by atoms with Crippen molar-refractivity contribution in [3.63, 3.8) is 0 Å². The number of hydrogen-bond acceptors (Lipinski definition) is 8. The van der Waals surface area contributed by atoms with Gasteiger partial charge >= 0.3 is 12.1 Å². The van der Waals surface area contributed by atoms with Crippen molar-refractivity contribution < 1.29 is 38.1 Å². The zero-order chi connectivity index (χ0) is 26.6. The van der Waals surface area contributed by atoms with E-state index in [-0.39, 0.29) is 22.7 Å². The lowest BCUT2D eigenvalue weighted by Gasteiger charge is -2.33. The third kappa shape index (κ3) is 6.77. The predicted molar refractivity (Wildman–Crippen MR) is 128 cm³/mol. The molecular formula is C24H35N3O8. The molecular weight excluding hydrogens is 458 g/mol. The highest BCUT2D eigenvalue weighted by atomic mass is 16.6. The molecule has 35 heavy (non-hydrogen) atoms. The van der Waals surface area contributed by atoms with Crippen LogP contribution in [0.5, 0.6) is 11.5 Å². The van der Waals surface area contributed by atoms with Crippen molar-refractivity contribution in [1.82, 2.24) is 10.2 Å². The lowest BCUT2D eigenvalue weighted by atomic mass is 10.0. The first-order chi connectivity index (χ1) is 16.2. The summed E-state index contributed by atoms with van der Waals surface area (Å²) < 4.78 is 20.6. The summed E-state index contributed by atoms with van der Waals surface area (Å²) in [5.74, 6) is -1.03. The third-order valence-electron chi connectivity index (χ3n) is 5.35. The van der Waals surface area contributed by atoms with Crippen molar-refractivity contribution >= 4 is 29.6 Å². The fraction of sp³-hybridized carbons (Fsp3) is 0.583. The zero-order valence-electron chi connectivity index (χ0n) is 21.6. The molecule has 0 bridgehead atoms. The molecule has 1 heterocycles. The number of rotatable bonds is 7. The number of nitrogens with zero attached hydrogens (tertiary/aromatic N) is 1. The van der Waals surface area contributed by atoms with Crippen LogP contribution in [0.1, 0.15) is 57.8 Å². The first kappa shape index (κ1) is 27.7. The van der Waals surface area contributed by atoms with Crippen molar-refractivity contribution in [2.45, 2.75) is 64.6 Å². The van der Waals surface area contributed by atoms with Crippen LogP contribution in [0.2, 0.25) is 0 Å². The van der Waals surface area contributed by atoms with Gasteiger partial charge in [0.05, 0.1) is 27.0 Å². The summed E-state index contributed by atoms with van der Waals surface area (Å²) in [5, 5.41) is 5.34. The second-order valence-electron chi connectivity index (χ2n) is 9.64. The smallest absolute Gasteiger partial charge is 0.408 e. The Morgan fingerprint density at radius 2 is 1.60 bits per heavy atom. The maximum absolute atomic E-state index is 13.3. The van der Waals surface area contributed by atoms with E-state index in [0.717, 1.165) is 0 Å². The lowest BCUT2D eigenvalue weighted by Crippen LogP contribution is -2.58. The highest BCUT2D eigenvalue weighted by molar-refractivity contribution is 6.02. The number of esters is 1. The highest BCUT2D eigenvalue weighted by Crippen LogP contribution is 2.34. The molecule has 0 saturated carbocycles. The molecule has 1 saturated heterocycles. The first-order valence-corrected chi connectivity index (χ1v) is 11.2. The van der Waals surface area contributed by atoms with E-state index in [2.05, 4.69) is 10.6 Å². The number of likely N-dealkylation sites (tertiary alicyclic amines) is 1. The summed E-state index contributed by atoms with van der Waals surface area (Å²) in [4.78, 5) is 52.4. The molecule has 2 rings (SSSR count). The van der Waals surface area contributed by atoms with Gasteiger partial charge in [0, 0.05) is 12.6 Å². The fourth-order valence-electron chi connectivity index (χ4n) is 3.74. The maximum atomic E-state index is 13.3. The summed E-state index contributed by atoms with van der Waals surface area (Å²) in [6.45, 7) is 8.64. The molecule has 1 aliphatic rings. The van der Waals surface area contributed by atoms with Gasteiger partial charge in [-0.15, -0.1) is 0 Å². The molecule has 0 radical (unpaired) electrons. The van der Waals surface area contributed by atoms with Crippen LogP contribution >= 0.6 is 0 Å². The minimum atomic E-state index is -1.30. The summed E-state index contributed by atoms with van der Waals surface area (Å²) in [7, 11) is 4.05. The van der Waals surface area contributed by atoms with E-state index in [1.165, 1.54) is 38.4 Å². The van der Waals surface area contributed by atoms with Gasteiger partial charge in [-0.05, 0) is 53.5 Å². The van der Waals surface area contributed by atoms with Gasteiger partial charge in [0.15, 0.2) is 0 Å². The maximum Gasteiger partial charge on any atom is 0.408 e. The topological polar surface area (TPSA) is 132 Å². The normalized spacial score (nSPS) is 15.8. The highest BCUT2D eigenvalue weighted by Gasteiger charge is 2.42. The average molecular weight is 494 g/mol. The molecule has 2 N–H and O–H groups in total. The van der Waals surface area contributed by atoms with E-state index in [4.69, 9.17) is 18.9 Å². The monoisotopic (exact) mass is 493 g/mol. The van der Waals surface area contributed by atoms with Gasteiger partial charge in [0.2, 0.25) is 11.8 Å². The number of carbonyl (C=O) groups excluding carboxylic acids is 4. The van der Waals surface area contributed by atoms with Gasteiger partial charge in [-0.1, -0.05) is 0 Å². The van der Waals surface area contributed by atoms with E-state index in [1.54, 1.807) is 34.6 Å². The van der Waals surface area contributed by atoms with Gasteiger partial charge in [-0.3, -0.25) is 9.59 Å². The molecule has 0 aromatic heterocycles. The van der Waals surface area contributed by atoms with Crippen molar-refractivity contribution in [3.05, 3.63) is 17.7 Å². The summed E-state index contributed by atoms with van der Waals surface area (Å²) in [5.41, 5.74) is -1.70. The number of amides is 3. The Morgan fingerprint density at radius 3 is 2.14 bits per heavy atom. The van der Waals surface area contributed by atoms with Gasteiger partial charge in [0.1, 0.15) is 34.2 Å². The number of ether oxygens (including phenoxy) is 4. The van der Waals surface area contributed by atoms with E-state index < -0.39 is 41.1 Å². The van der Waals surface area contributed by atoms with E-state index in [1.807, 2.05) is 0 Å². The van der Waals surface area contributed by atoms with E-state index in [9.17, 15) is 19.2 Å². The number of hydrogen-bond donors (Lipinski definition) is 2. The van der Waals surface area contributed by atoms with Crippen LogP contribution in [0.25, 0.3) is 0 Å². The molecule has 0 spiro atoms. The average Bonchev–Trinajstić information content (AvgIpc) is 3.25. The standard InChI is InChI=1S/C24H35N3O8/c1-23(2,3)35-22(31)26-24(4,5)21(30)27-11-9-10-16(27)19(28)25-15-12-14(20(29)34-8)17(32-6)13-18(15)33-7/h12-13,16H,9-11H2,1-8H3,(H,25,28)(H,26,31)/t16-/m0/s1. The van der Waals surface area contributed by atoms with Gasteiger partial charge in [-0.25, -0.2) is 9.59 Å². The number of carbonyl (C=O) groups is 4. The quantitative estimate of drug-likeness (QED) is 0.554. The van der Waals surface area contributed by atoms with Crippen LogP contribution in [-0.4, -0.2) is 73.8 Å². The van der Waals surface area contributed by atoms with Crippen molar-refractivity contribution in [2.24, 2.45) is 0 Å². The summed E-state index contributed by atoms with van der Waals surface area (Å²) >= 11 is 0. The molecule has 0 aliphatic carbocycles. The van der Waals surface area contributed by atoms with Crippen LogP contribution in [-0.2, 0) is 19.1 Å². The molecule has 194 valence electrons. The zero-order valence-corrected chi connectivity index (χ0v) is 21.6. The van der Waals surface area contributed by atoms with E-state index in [0.29, 0.717) is 19.4 Å². The SMILES string of the molecule is COC(=O)c1cc(NC(=O)[C@@H]2CCCN2C(=O)C(C)(C)NC(=O)OC(C)(C)C)c(OC)cc1OC. The Labute approximate surface area is 205 Å². The molecule has 0 unspecified atom stereocenters. The van der Waals surface area contributed by atoms with Crippen molar-refractivity contribution in [3.8, 4) is 11.5 Å². The molecule has 1 aromatic rings. The Hall–Kier alpha value is -3.50. The van der Waals surface area contributed by atoms with Crippen LogP contribution < -0.4 is 20.1 Å². The lowest BCUT2D eigenvalue weighted by molar-refractivity contribution is -0.141. The second-order valence-corrected chi connectivity index (χ2v) is 9.64. The number of anilines is 1. The van der Waals surface area contributed by atoms with Gasteiger partial charge in [-0.2, -0.15) is 0 Å². The Bertz CT molecular complexity index is 984. The summed E-state index contributed by atoms with van der Waals surface area (Å²) in [6.07, 6.45) is 0.316. The van der Waals surface area contributed by atoms with Crippen LogP contribution in [0.4, 0.5) is 10.5 Å². The molecule has 11 nitrogen and oxygen atoms in total. The minimum absolute atomic E-state index is 0.105. The van der Waals surface area contributed by atoms with Crippen LogP contribution in [0.3, 0.4) is 0 Å². The van der Waals surface area contributed by atoms with Gasteiger partial charge < -0.3 is 34.5 Å². The fourth-order valence-corrected chi connectivity index (χ4v) is 3.74. The first-order valence-electron chi connectivity index (χ1n) is 11.2. The number of benzene rings is 1. The van der Waals surface area contributed by atoms with E-state index >= 15 is 0 Å². The van der Waals surface area contributed by atoms with Gasteiger partial charge in [0.25, 0.3) is 0 Å². The Balaban J connectivity index is 2.24. The molecule has 1 fully saturated rings. The molecule has 1 atom stereocenters. The number of alkyl carbamates (subject to hydrolysis) is 1. The minimum Gasteiger partial charge on any atom is -0.496 e. The van der Waals surface area contributed by atoms with Crippen LogP contribution in [0.15, 0.2) is 12.1 Å².